The summed E-state index contributed by atoms with van der Waals surface area (Å²) in [4.78, 5) is 0. The van der Waals surface area contributed by atoms with Crippen LogP contribution in [-0.2, 0) is 11.2 Å². The van der Waals surface area contributed by atoms with Crippen LogP contribution in [0.2, 0.25) is 10.0 Å². The summed E-state index contributed by atoms with van der Waals surface area (Å²) in [5.74, 6) is 0. The van der Waals surface area contributed by atoms with Gasteiger partial charge in [-0.25, -0.2) is 0 Å². The van der Waals surface area contributed by atoms with Crippen LogP contribution in [0.4, 0.5) is 0 Å². The summed E-state index contributed by atoms with van der Waals surface area (Å²) in [6.07, 6.45) is 3.05. The van der Waals surface area contributed by atoms with Crippen molar-refractivity contribution in [2.75, 3.05) is 13.2 Å². The van der Waals surface area contributed by atoms with Crippen LogP contribution in [0.1, 0.15) is 32.3 Å². The summed E-state index contributed by atoms with van der Waals surface area (Å²) in [6, 6.07) is 5.90. The van der Waals surface area contributed by atoms with E-state index in [1.54, 1.807) is 0 Å². The molecule has 2 unspecified atom stereocenters. The topological polar surface area (TPSA) is 21.3 Å². The molecule has 2 rings (SSSR count). The third-order valence-electron chi connectivity index (χ3n) is 3.87. The molecule has 1 heterocycles. The molecule has 1 aromatic rings. The number of halogens is 2. The van der Waals surface area contributed by atoms with E-state index in [0.29, 0.717) is 0 Å². The minimum Gasteiger partial charge on any atom is -0.374 e. The van der Waals surface area contributed by atoms with Gasteiger partial charge in [0, 0.05) is 22.7 Å². The fraction of sp³-hybridized carbons (Fsp3) is 0.600. The number of likely N-dealkylation sites (N-methyl/N-ethyl adjacent to an activating group) is 1. The third kappa shape index (κ3) is 3.63. The van der Waals surface area contributed by atoms with Gasteiger partial charge >= 0.3 is 0 Å². The van der Waals surface area contributed by atoms with E-state index in [9.17, 15) is 0 Å². The maximum atomic E-state index is 6.27. The summed E-state index contributed by atoms with van der Waals surface area (Å²) in [6.45, 7) is 6.07. The van der Waals surface area contributed by atoms with Crippen LogP contribution in [-0.4, -0.2) is 24.8 Å². The van der Waals surface area contributed by atoms with Gasteiger partial charge in [0.15, 0.2) is 0 Å². The lowest BCUT2D eigenvalue weighted by molar-refractivity contribution is -0.0110. The van der Waals surface area contributed by atoms with Crippen molar-refractivity contribution in [2.24, 2.45) is 0 Å². The van der Waals surface area contributed by atoms with Crippen molar-refractivity contribution in [3.8, 4) is 0 Å². The maximum absolute atomic E-state index is 6.27. The maximum Gasteiger partial charge on any atom is 0.0810 e. The van der Waals surface area contributed by atoms with Crippen molar-refractivity contribution in [1.29, 1.82) is 0 Å². The van der Waals surface area contributed by atoms with Gasteiger partial charge in [0.25, 0.3) is 0 Å². The molecule has 0 bridgehead atoms. The standard InChI is InChI=1S/C15H21Cl2NO/c1-3-18-14(15(2)7-4-8-19-15)10-11-9-12(16)5-6-13(11)17/h5-6,9,14,18H,3-4,7-8,10H2,1-2H3. The molecule has 1 fully saturated rings. The van der Waals surface area contributed by atoms with E-state index in [0.717, 1.165) is 48.0 Å². The second kappa shape index (κ2) is 6.45. The first-order chi connectivity index (χ1) is 9.05. The van der Waals surface area contributed by atoms with Crippen molar-refractivity contribution in [2.45, 2.75) is 44.8 Å². The SMILES string of the molecule is CCNC(Cc1cc(Cl)ccc1Cl)C1(C)CCCO1. The molecular formula is C15H21Cl2NO. The molecule has 1 aliphatic heterocycles. The molecule has 1 aromatic carbocycles. The van der Waals surface area contributed by atoms with Gasteiger partial charge in [0.05, 0.1) is 5.60 Å². The Kier molecular flexibility index (Phi) is 5.13. The highest BCUT2D eigenvalue weighted by Crippen LogP contribution is 2.32. The zero-order valence-electron chi connectivity index (χ0n) is 11.5. The summed E-state index contributed by atoms with van der Waals surface area (Å²) in [7, 11) is 0. The zero-order chi connectivity index (χ0) is 13.9. The minimum absolute atomic E-state index is 0.109. The van der Waals surface area contributed by atoms with Crippen LogP contribution in [0.25, 0.3) is 0 Å². The predicted octanol–water partition coefficient (Wildman–Crippen LogP) is 4.08. The zero-order valence-corrected chi connectivity index (χ0v) is 13.0. The number of hydrogen-bond donors (Lipinski definition) is 1. The van der Waals surface area contributed by atoms with Crippen LogP contribution in [0.15, 0.2) is 18.2 Å². The van der Waals surface area contributed by atoms with Gasteiger partial charge in [-0.2, -0.15) is 0 Å². The largest absolute Gasteiger partial charge is 0.374 e. The van der Waals surface area contributed by atoms with Gasteiger partial charge in [-0.15, -0.1) is 0 Å². The molecule has 0 aliphatic carbocycles. The first-order valence-corrected chi connectivity index (χ1v) is 7.62. The molecule has 106 valence electrons. The van der Waals surface area contributed by atoms with Crippen LogP contribution >= 0.6 is 23.2 Å². The number of rotatable bonds is 5. The monoisotopic (exact) mass is 301 g/mol. The first-order valence-electron chi connectivity index (χ1n) is 6.86. The van der Waals surface area contributed by atoms with E-state index in [2.05, 4.69) is 19.2 Å². The molecule has 1 saturated heterocycles. The Morgan fingerprint density at radius 2 is 2.21 bits per heavy atom. The Labute approximate surface area is 125 Å². The molecule has 0 spiro atoms. The van der Waals surface area contributed by atoms with E-state index in [1.807, 2.05) is 18.2 Å². The van der Waals surface area contributed by atoms with Crippen molar-refractivity contribution >= 4 is 23.2 Å². The van der Waals surface area contributed by atoms with Crippen molar-refractivity contribution in [3.63, 3.8) is 0 Å². The van der Waals surface area contributed by atoms with Crippen LogP contribution < -0.4 is 5.32 Å². The molecule has 0 aromatic heterocycles. The van der Waals surface area contributed by atoms with Gasteiger partial charge in [-0.05, 0) is 56.5 Å². The average molecular weight is 302 g/mol. The number of hydrogen-bond acceptors (Lipinski definition) is 2. The summed E-state index contributed by atoms with van der Waals surface area (Å²) in [5, 5.41) is 5.03. The van der Waals surface area contributed by atoms with Crippen LogP contribution in [0.5, 0.6) is 0 Å². The molecule has 2 atom stereocenters. The molecular weight excluding hydrogens is 281 g/mol. The molecule has 0 radical (unpaired) electrons. The lowest BCUT2D eigenvalue weighted by Gasteiger charge is -2.34. The van der Waals surface area contributed by atoms with Gasteiger partial charge in [-0.1, -0.05) is 30.1 Å². The molecule has 0 amide bonds. The smallest absolute Gasteiger partial charge is 0.0810 e. The van der Waals surface area contributed by atoms with E-state index >= 15 is 0 Å². The highest BCUT2D eigenvalue weighted by atomic mass is 35.5. The Hall–Kier alpha value is -0.280. The van der Waals surface area contributed by atoms with Gasteiger partial charge < -0.3 is 10.1 Å². The second-order valence-corrected chi connectivity index (χ2v) is 6.16. The molecule has 4 heteroatoms. The predicted molar refractivity (Wildman–Crippen MR) is 81.2 cm³/mol. The quantitative estimate of drug-likeness (QED) is 0.885. The Balaban J connectivity index is 2.18. The number of nitrogens with one attached hydrogen (secondary N) is 1. The molecule has 2 nitrogen and oxygen atoms in total. The first kappa shape index (κ1) is 15.1. The molecule has 1 N–H and O–H groups in total. The Bertz CT molecular complexity index is 430. The molecule has 1 aliphatic rings. The average Bonchev–Trinajstić information content (AvgIpc) is 2.81. The fourth-order valence-electron chi connectivity index (χ4n) is 2.75. The minimum atomic E-state index is -0.109. The lowest BCUT2D eigenvalue weighted by atomic mass is 9.88. The Morgan fingerprint density at radius 3 is 2.84 bits per heavy atom. The van der Waals surface area contributed by atoms with Crippen LogP contribution in [0.3, 0.4) is 0 Å². The van der Waals surface area contributed by atoms with Crippen LogP contribution in [0, 0.1) is 0 Å². The number of ether oxygens (including phenoxy) is 1. The van der Waals surface area contributed by atoms with Crippen molar-refractivity contribution < 1.29 is 4.74 Å². The lowest BCUT2D eigenvalue weighted by Crippen LogP contribution is -2.49. The number of benzene rings is 1. The fourth-order valence-corrected chi connectivity index (χ4v) is 3.13. The summed E-state index contributed by atoms with van der Waals surface area (Å²) < 4.78 is 5.96. The normalized spacial score (nSPS) is 24.6. The van der Waals surface area contributed by atoms with E-state index in [-0.39, 0.29) is 11.6 Å². The second-order valence-electron chi connectivity index (χ2n) is 5.31. The van der Waals surface area contributed by atoms with Gasteiger partial charge in [-0.3, -0.25) is 0 Å². The highest BCUT2D eigenvalue weighted by molar-refractivity contribution is 6.33. The van der Waals surface area contributed by atoms with Gasteiger partial charge in [0.1, 0.15) is 0 Å². The Morgan fingerprint density at radius 1 is 1.42 bits per heavy atom. The van der Waals surface area contributed by atoms with E-state index < -0.39 is 0 Å². The molecule has 0 saturated carbocycles. The van der Waals surface area contributed by atoms with E-state index in [1.165, 1.54) is 0 Å². The van der Waals surface area contributed by atoms with Crippen molar-refractivity contribution in [3.05, 3.63) is 33.8 Å². The van der Waals surface area contributed by atoms with Crippen molar-refractivity contribution in [1.82, 2.24) is 5.32 Å². The van der Waals surface area contributed by atoms with E-state index in [4.69, 9.17) is 27.9 Å². The third-order valence-corrected chi connectivity index (χ3v) is 4.47. The summed E-state index contributed by atoms with van der Waals surface area (Å²) >= 11 is 12.3. The highest BCUT2D eigenvalue weighted by Gasteiger charge is 2.38. The van der Waals surface area contributed by atoms with Gasteiger partial charge in [0.2, 0.25) is 0 Å². The molecule has 19 heavy (non-hydrogen) atoms. The summed E-state index contributed by atoms with van der Waals surface area (Å²) in [5.41, 5.74) is 0.971.